The molecule has 2 heterocycles. The molecule has 270 valence electrons. The predicted octanol–water partition coefficient (Wildman–Crippen LogP) is 2.10. The molecule has 2 aliphatic heterocycles. The van der Waals surface area contributed by atoms with Crippen molar-refractivity contribution in [3.05, 3.63) is 48.0 Å². The quantitative estimate of drug-likeness (QED) is 0.106. The third-order valence-electron chi connectivity index (χ3n) is 8.92. The van der Waals surface area contributed by atoms with Crippen LogP contribution in [0.15, 0.2) is 36.9 Å². The summed E-state index contributed by atoms with van der Waals surface area (Å²) in [5, 5.41) is 10.7. The summed E-state index contributed by atoms with van der Waals surface area (Å²) in [6.45, 7) is 14.7. The molecule has 0 radical (unpaired) electrons. The molecule has 1 unspecified atom stereocenters. The Kier molecular flexibility index (Phi) is 13.1. The monoisotopic (exact) mass is 690 g/mol. The SMILES string of the molecule is C#CCCC(NC(=O)[C@@H]1CCCN1C(=O)[C@@H](NC(=O)N[C@H](CN1C(=O)Cc2ccccc2C1=O)C(C)(C)C)C(C)(C)C)C(=O)C(=O)NCC=C. The molecular weight excluding hydrogens is 640 g/mol. The fourth-order valence-electron chi connectivity index (χ4n) is 5.93. The Bertz CT molecular complexity index is 1550. The highest BCUT2D eigenvalue weighted by atomic mass is 16.2. The Morgan fingerprint density at radius 1 is 1.02 bits per heavy atom. The van der Waals surface area contributed by atoms with Crippen molar-refractivity contribution in [2.75, 3.05) is 19.6 Å². The molecule has 1 aromatic carbocycles. The lowest BCUT2D eigenvalue weighted by Crippen LogP contribution is -2.62. The van der Waals surface area contributed by atoms with Gasteiger partial charge >= 0.3 is 6.03 Å². The largest absolute Gasteiger partial charge is 0.346 e. The second-order valence-electron chi connectivity index (χ2n) is 14.8. The van der Waals surface area contributed by atoms with E-state index in [1.54, 1.807) is 45.0 Å². The van der Waals surface area contributed by atoms with E-state index < -0.39 is 70.4 Å². The van der Waals surface area contributed by atoms with E-state index in [4.69, 9.17) is 6.42 Å². The number of imide groups is 1. The average Bonchev–Trinajstić information content (AvgIpc) is 3.54. The van der Waals surface area contributed by atoms with E-state index in [0.29, 0.717) is 24.0 Å². The van der Waals surface area contributed by atoms with Gasteiger partial charge in [-0.05, 0) is 41.7 Å². The molecule has 4 atom stereocenters. The highest BCUT2D eigenvalue weighted by molar-refractivity contribution is 6.38. The molecule has 50 heavy (non-hydrogen) atoms. The first-order valence-corrected chi connectivity index (χ1v) is 16.9. The van der Waals surface area contributed by atoms with Gasteiger partial charge in [0, 0.05) is 31.6 Å². The maximum atomic E-state index is 14.1. The topological polar surface area (TPSA) is 174 Å². The number of likely N-dealkylation sites (tertiary alicyclic amines) is 1. The van der Waals surface area contributed by atoms with E-state index in [9.17, 15) is 33.6 Å². The lowest BCUT2D eigenvalue weighted by atomic mass is 9.85. The van der Waals surface area contributed by atoms with Crippen molar-refractivity contribution < 1.29 is 33.6 Å². The van der Waals surface area contributed by atoms with Gasteiger partial charge in [-0.25, -0.2) is 4.79 Å². The van der Waals surface area contributed by atoms with Gasteiger partial charge in [-0.1, -0.05) is 65.8 Å². The maximum absolute atomic E-state index is 14.1. The first-order chi connectivity index (χ1) is 23.4. The highest BCUT2D eigenvalue weighted by Crippen LogP contribution is 2.28. The number of ketones is 1. The van der Waals surface area contributed by atoms with E-state index in [-0.39, 0.29) is 44.8 Å². The van der Waals surface area contributed by atoms with Crippen molar-refractivity contribution in [2.45, 2.75) is 97.8 Å². The summed E-state index contributed by atoms with van der Waals surface area (Å²) in [5.74, 6) is -1.24. The van der Waals surface area contributed by atoms with Crippen LogP contribution in [0, 0.1) is 23.2 Å². The van der Waals surface area contributed by atoms with Crippen LogP contribution in [0.2, 0.25) is 0 Å². The number of benzene rings is 1. The minimum Gasteiger partial charge on any atom is -0.346 e. The number of carbonyl (C=O) groups is 7. The van der Waals surface area contributed by atoms with Gasteiger partial charge in [0.15, 0.2) is 0 Å². The van der Waals surface area contributed by atoms with Gasteiger partial charge in [0.25, 0.3) is 11.8 Å². The molecular formula is C37H50N6O7. The fraction of sp³-hybridized carbons (Fsp3) is 0.541. The summed E-state index contributed by atoms with van der Waals surface area (Å²) in [7, 11) is 0. The molecule has 1 saturated heterocycles. The first kappa shape index (κ1) is 39.4. The number of amides is 7. The van der Waals surface area contributed by atoms with Crippen LogP contribution in [-0.4, -0.2) is 95.0 Å². The Labute approximate surface area is 294 Å². The van der Waals surface area contributed by atoms with Gasteiger partial charge in [0.1, 0.15) is 12.1 Å². The molecule has 0 spiro atoms. The zero-order valence-electron chi connectivity index (χ0n) is 29.9. The molecule has 0 bridgehead atoms. The Morgan fingerprint density at radius 3 is 2.32 bits per heavy atom. The predicted molar refractivity (Wildman–Crippen MR) is 187 cm³/mol. The Balaban J connectivity index is 1.76. The number of hydrogen-bond acceptors (Lipinski definition) is 7. The maximum Gasteiger partial charge on any atom is 0.315 e. The zero-order valence-corrected chi connectivity index (χ0v) is 29.9. The molecule has 4 N–H and O–H groups in total. The van der Waals surface area contributed by atoms with Crippen LogP contribution in [0.3, 0.4) is 0 Å². The molecule has 13 nitrogen and oxygen atoms in total. The van der Waals surface area contributed by atoms with Crippen molar-refractivity contribution in [1.82, 2.24) is 31.1 Å². The highest BCUT2D eigenvalue weighted by Gasteiger charge is 2.43. The summed E-state index contributed by atoms with van der Waals surface area (Å²) in [4.78, 5) is 95.3. The summed E-state index contributed by atoms with van der Waals surface area (Å²) in [5.41, 5.74) is -0.299. The van der Waals surface area contributed by atoms with Gasteiger partial charge < -0.3 is 26.2 Å². The second kappa shape index (κ2) is 16.6. The second-order valence-corrected chi connectivity index (χ2v) is 14.8. The number of carbonyl (C=O) groups excluding carboxylic acids is 7. The molecule has 3 rings (SSSR count). The third-order valence-corrected chi connectivity index (χ3v) is 8.92. The van der Waals surface area contributed by atoms with Gasteiger partial charge in [0.05, 0.1) is 18.5 Å². The number of hydrogen-bond donors (Lipinski definition) is 4. The summed E-state index contributed by atoms with van der Waals surface area (Å²) < 4.78 is 0. The van der Waals surface area contributed by atoms with Crippen LogP contribution >= 0.6 is 0 Å². The van der Waals surface area contributed by atoms with Crippen molar-refractivity contribution in [3.63, 3.8) is 0 Å². The van der Waals surface area contributed by atoms with Crippen LogP contribution in [0.5, 0.6) is 0 Å². The number of terminal acetylenes is 1. The number of rotatable bonds is 13. The molecule has 0 aliphatic carbocycles. The van der Waals surface area contributed by atoms with Crippen LogP contribution in [0.1, 0.15) is 83.1 Å². The minimum atomic E-state index is -1.19. The van der Waals surface area contributed by atoms with Crippen LogP contribution in [0.25, 0.3) is 0 Å². The number of nitrogens with one attached hydrogen (secondary N) is 4. The Morgan fingerprint density at radius 2 is 1.70 bits per heavy atom. The van der Waals surface area contributed by atoms with Crippen LogP contribution in [-0.2, 0) is 30.4 Å². The van der Waals surface area contributed by atoms with Crippen molar-refractivity contribution >= 4 is 41.4 Å². The van der Waals surface area contributed by atoms with E-state index in [1.807, 2.05) is 20.8 Å². The molecule has 2 aliphatic rings. The van der Waals surface area contributed by atoms with E-state index >= 15 is 0 Å². The third kappa shape index (κ3) is 9.80. The van der Waals surface area contributed by atoms with Gasteiger partial charge in [-0.15, -0.1) is 18.9 Å². The summed E-state index contributed by atoms with van der Waals surface area (Å²) in [6.07, 6.45) is 7.84. The van der Waals surface area contributed by atoms with Crippen LogP contribution in [0.4, 0.5) is 4.79 Å². The van der Waals surface area contributed by atoms with Crippen molar-refractivity contribution in [1.29, 1.82) is 0 Å². The number of nitrogens with zero attached hydrogens (tertiary/aromatic N) is 2. The standard InChI is InChI=1S/C37H50N6O7/c1-9-11-17-25(29(45)32(47)38-19-10-2)39-31(46)26-18-14-20-42(26)34(49)30(37(6,7)8)41-35(50)40-27(36(3,4)5)22-43-28(44)21-23-15-12-13-16-24(23)33(43)48/h1,10,12-13,15-16,25-27,30H,2,11,14,17-22H2,3-8H3,(H,38,47)(H,39,46)(H2,40,41,50)/t25?,26-,27+,30+/m0/s1. The smallest absolute Gasteiger partial charge is 0.315 e. The first-order valence-electron chi connectivity index (χ1n) is 16.9. The Hall–Kier alpha value is -4.99. The normalized spacial score (nSPS) is 17.8. The minimum absolute atomic E-state index is 0.0334. The fourth-order valence-corrected chi connectivity index (χ4v) is 5.93. The molecule has 1 fully saturated rings. The van der Waals surface area contributed by atoms with Crippen molar-refractivity contribution in [3.8, 4) is 12.3 Å². The van der Waals surface area contributed by atoms with Crippen molar-refractivity contribution in [2.24, 2.45) is 10.8 Å². The summed E-state index contributed by atoms with van der Waals surface area (Å²) >= 11 is 0. The molecule has 0 aromatic heterocycles. The lowest BCUT2D eigenvalue weighted by molar-refractivity contribution is -0.143. The van der Waals surface area contributed by atoms with E-state index in [2.05, 4.69) is 33.8 Å². The zero-order chi connectivity index (χ0) is 37.4. The molecule has 1 aromatic rings. The van der Waals surface area contributed by atoms with Gasteiger partial charge in [0.2, 0.25) is 23.5 Å². The van der Waals surface area contributed by atoms with E-state index in [0.717, 1.165) is 4.90 Å². The van der Waals surface area contributed by atoms with Crippen LogP contribution < -0.4 is 21.3 Å². The summed E-state index contributed by atoms with van der Waals surface area (Å²) in [6, 6.07) is 2.35. The molecule has 0 saturated carbocycles. The average molecular weight is 691 g/mol. The van der Waals surface area contributed by atoms with Gasteiger partial charge in [-0.2, -0.15) is 0 Å². The van der Waals surface area contributed by atoms with E-state index in [1.165, 1.54) is 11.0 Å². The number of urea groups is 1. The number of Topliss-reactive ketones (excluding diaryl/α,β-unsaturated/α-hetero) is 1. The lowest BCUT2D eigenvalue weighted by Gasteiger charge is -2.38. The number of fused-ring (bicyclic) bond motifs is 1. The molecule has 7 amide bonds. The molecule has 13 heteroatoms. The van der Waals surface area contributed by atoms with Gasteiger partial charge in [-0.3, -0.25) is 33.7 Å².